The van der Waals surface area contributed by atoms with Crippen LogP contribution >= 0.6 is 0 Å². The van der Waals surface area contributed by atoms with E-state index >= 15 is 0 Å². The number of hydrogen-bond acceptors (Lipinski definition) is 2. The fourth-order valence-corrected chi connectivity index (χ4v) is 3.92. The molecule has 1 heterocycles. The summed E-state index contributed by atoms with van der Waals surface area (Å²) in [5.41, 5.74) is 2.34. The summed E-state index contributed by atoms with van der Waals surface area (Å²) in [6, 6.07) is 8.45. The molecule has 1 aromatic heterocycles. The molecular formula is C25H41N3O. The van der Waals surface area contributed by atoms with Gasteiger partial charge < -0.3 is 9.88 Å². The molecule has 0 aliphatic carbocycles. The van der Waals surface area contributed by atoms with E-state index in [9.17, 15) is 4.79 Å². The van der Waals surface area contributed by atoms with Gasteiger partial charge in [0.15, 0.2) is 0 Å². The largest absolute Gasteiger partial charge is 0.356 e. The Hall–Kier alpha value is -1.84. The number of unbranched alkanes of at least 4 members (excludes halogenated alkanes) is 9. The third-order valence-corrected chi connectivity index (χ3v) is 5.69. The van der Waals surface area contributed by atoms with Crippen molar-refractivity contribution in [3.63, 3.8) is 0 Å². The Kier molecular flexibility index (Phi) is 11.5. The van der Waals surface area contributed by atoms with E-state index in [1.54, 1.807) is 0 Å². The number of nitrogens with zero attached hydrogens (tertiary/aromatic N) is 2. The zero-order valence-corrected chi connectivity index (χ0v) is 18.7. The van der Waals surface area contributed by atoms with Crippen LogP contribution in [0.4, 0.5) is 0 Å². The maximum absolute atomic E-state index is 11.4. The van der Waals surface area contributed by atoms with Gasteiger partial charge in [-0.25, -0.2) is 4.98 Å². The average molecular weight is 400 g/mol. The molecule has 0 saturated carbocycles. The summed E-state index contributed by atoms with van der Waals surface area (Å²) < 4.78 is 2.40. The molecule has 0 fully saturated rings. The Bertz CT molecular complexity index is 707. The van der Waals surface area contributed by atoms with Crippen LogP contribution in [0.2, 0.25) is 0 Å². The van der Waals surface area contributed by atoms with Crippen molar-refractivity contribution in [3.8, 4) is 0 Å². The fourth-order valence-electron chi connectivity index (χ4n) is 3.92. The molecule has 0 unspecified atom stereocenters. The molecule has 4 nitrogen and oxygen atoms in total. The first-order chi connectivity index (χ1) is 14.3. The topological polar surface area (TPSA) is 46.9 Å². The molecule has 0 spiro atoms. The van der Waals surface area contributed by atoms with Crippen LogP contribution in [0.1, 0.15) is 96.7 Å². The number of hydrogen-bond donors (Lipinski definition) is 1. The van der Waals surface area contributed by atoms with E-state index in [-0.39, 0.29) is 5.91 Å². The molecule has 0 saturated heterocycles. The van der Waals surface area contributed by atoms with E-state index in [1.807, 2.05) is 6.92 Å². The molecule has 2 rings (SSSR count). The van der Waals surface area contributed by atoms with Crippen molar-refractivity contribution < 1.29 is 4.79 Å². The van der Waals surface area contributed by atoms with Crippen molar-refractivity contribution in [1.29, 1.82) is 0 Å². The molecular weight excluding hydrogens is 358 g/mol. The zero-order valence-electron chi connectivity index (χ0n) is 18.7. The first-order valence-corrected chi connectivity index (χ1v) is 12.0. The predicted octanol–water partition coefficient (Wildman–Crippen LogP) is 6.42. The van der Waals surface area contributed by atoms with Crippen LogP contribution in [-0.2, 0) is 17.8 Å². The number of carbonyl (C=O) groups excluding carboxylic acids is 1. The number of imidazole rings is 1. The lowest BCUT2D eigenvalue weighted by atomic mass is 10.1. The van der Waals surface area contributed by atoms with Crippen molar-refractivity contribution in [1.82, 2.24) is 14.9 Å². The van der Waals surface area contributed by atoms with Gasteiger partial charge in [-0.05, 0) is 25.0 Å². The number of nitrogens with one attached hydrogen (secondary N) is 1. The molecule has 0 atom stereocenters. The van der Waals surface area contributed by atoms with Crippen LogP contribution in [0.5, 0.6) is 0 Å². The van der Waals surface area contributed by atoms with Gasteiger partial charge in [-0.1, -0.05) is 83.8 Å². The van der Waals surface area contributed by atoms with Crippen LogP contribution in [0.15, 0.2) is 24.3 Å². The summed E-state index contributed by atoms with van der Waals surface area (Å²) in [4.78, 5) is 16.3. The second-order valence-corrected chi connectivity index (χ2v) is 8.16. The number of benzene rings is 1. The summed E-state index contributed by atoms with van der Waals surface area (Å²) in [6.07, 6.45) is 16.0. The maximum Gasteiger partial charge on any atom is 0.219 e. The minimum Gasteiger partial charge on any atom is -0.356 e. The zero-order chi connectivity index (χ0) is 20.7. The predicted molar refractivity (Wildman–Crippen MR) is 123 cm³/mol. The second-order valence-electron chi connectivity index (χ2n) is 8.16. The number of amides is 1. The Balaban J connectivity index is 1.74. The van der Waals surface area contributed by atoms with E-state index in [0.29, 0.717) is 6.42 Å². The highest BCUT2D eigenvalue weighted by Gasteiger charge is 2.10. The number of fused-ring (bicyclic) bond motifs is 1. The molecule has 1 aromatic carbocycles. The highest BCUT2D eigenvalue weighted by molar-refractivity contribution is 5.76. The van der Waals surface area contributed by atoms with Crippen molar-refractivity contribution in [3.05, 3.63) is 30.1 Å². The second kappa shape index (κ2) is 14.2. The number of aromatic nitrogens is 2. The van der Waals surface area contributed by atoms with Gasteiger partial charge in [0.2, 0.25) is 5.91 Å². The lowest BCUT2D eigenvalue weighted by molar-refractivity contribution is -0.120. The minimum absolute atomic E-state index is 0.129. The summed E-state index contributed by atoms with van der Waals surface area (Å²) in [6.45, 7) is 5.95. The number of rotatable bonds is 16. The Morgan fingerprint density at radius 3 is 2.24 bits per heavy atom. The van der Waals surface area contributed by atoms with Crippen LogP contribution in [0, 0.1) is 0 Å². The summed E-state index contributed by atoms with van der Waals surface area (Å²) in [5.74, 6) is 1.29. The molecule has 162 valence electrons. The summed E-state index contributed by atoms with van der Waals surface area (Å²) >= 11 is 0. The molecule has 1 amide bonds. The van der Waals surface area contributed by atoms with E-state index < -0.39 is 0 Å². The molecule has 0 aliphatic rings. The molecule has 2 aromatic rings. The highest BCUT2D eigenvalue weighted by atomic mass is 16.1. The normalized spacial score (nSPS) is 11.2. The standard InChI is InChI=1S/C25H41N3O/c1-3-5-6-7-8-9-10-11-12-15-21-28-23-18-14-13-17-22(23)27-24(28)19-16-20-26-25(29)4-2/h13-14,17-18H,3-12,15-16,19-21H2,1-2H3,(H,26,29). The van der Waals surface area contributed by atoms with Crippen LogP contribution < -0.4 is 5.32 Å². The van der Waals surface area contributed by atoms with Gasteiger partial charge in [0.05, 0.1) is 11.0 Å². The van der Waals surface area contributed by atoms with Gasteiger partial charge >= 0.3 is 0 Å². The molecule has 0 bridgehead atoms. The van der Waals surface area contributed by atoms with Crippen LogP contribution in [-0.4, -0.2) is 22.0 Å². The Morgan fingerprint density at radius 1 is 0.897 bits per heavy atom. The van der Waals surface area contributed by atoms with Gasteiger partial charge in [0.25, 0.3) is 0 Å². The summed E-state index contributed by atoms with van der Waals surface area (Å²) in [7, 11) is 0. The monoisotopic (exact) mass is 399 g/mol. The molecule has 4 heteroatoms. The maximum atomic E-state index is 11.4. The summed E-state index contributed by atoms with van der Waals surface area (Å²) in [5, 5.41) is 2.97. The number of aryl methyl sites for hydroxylation is 2. The van der Waals surface area contributed by atoms with Crippen molar-refractivity contribution in [2.75, 3.05) is 6.54 Å². The van der Waals surface area contributed by atoms with Crippen molar-refractivity contribution in [2.24, 2.45) is 0 Å². The Morgan fingerprint density at radius 2 is 1.55 bits per heavy atom. The highest BCUT2D eigenvalue weighted by Crippen LogP contribution is 2.19. The van der Waals surface area contributed by atoms with Gasteiger partial charge in [0.1, 0.15) is 5.82 Å². The molecule has 29 heavy (non-hydrogen) atoms. The Labute approximate surface area is 177 Å². The smallest absolute Gasteiger partial charge is 0.219 e. The average Bonchev–Trinajstić information content (AvgIpc) is 3.09. The third-order valence-electron chi connectivity index (χ3n) is 5.69. The fraction of sp³-hybridized carbons (Fsp3) is 0.680. The SMILES string of the molecule is CCCCCCCCCCCCn1c(CCCNC(=O)CC)nc2ccccc21. The first kappa shape index (κ1) is 23.4. The van der Waals surface area contributed by atoms with E-state index in [0.717, 1.165) is 37.3 Å². The van der Waals surface area contributed by atoms with Gasteiger partial charge in [-0.3, -0.25) is 4.79 Å². The van der Waals surface area contributed by atoms with Crippen LogP contribution in [0.25, 0.3) is 11.0 Å². The quantitative estimate of drug-likeness (QED) is 0.331. The first-order valence-electron chi connectivity index (χ1n) is 12.0. The lowest BCUT2D eigenvalue weighted by Gasteiger charge is -2.10. The number of para-hydroxylation sites is 2. The van der Waals surface area contributed by atoms with Crippen LogP contribution in [0.3, 0.4) is 0 Å². The lowest BCUT2D eigenvalue weighted by Crippen LogP contribution is -2.23. The van der Waals surface area contributed by atoms with Gasteiger partial charge in [0, 0.05) is 25.9 Å². The van der Waals surface area contributed by atoms with E-state index in [1.165, 1.54) is 69.7 Å². The van der Waals surface area contributed by atoms with Gasteiger partial charge in [-0.15, -0.1) is 0 Å². The van der Waals surface area contributed by atoms with E-state index in [2.05, 4.69) is 41.1 Å². The molecule has 0 aliphatic heterocycles. The third kappa shape index (κ3) is 8.59. The van der Waals surface area contributed by atoms with Crippen molar-refractivity contribution >= 4 is 16.9 Å². The number of carbonyl (C=O) groups is 1. The van der Waals surface area contributed by atoms with Gasteiger partial charge in [-0.2, -0.15) is 0 Å². The minimum atomic E-state index is 0.129. The van der Waals surface area contributed by atoms with E-state index in [4.69, 9.17) is 4.98 Å². The molecule has 0 radical (unpaired) electrons. The van der Waals surface area contributed by atoms with Crippen molar-refractivity contribution in [2.45, 2.75) is 104 Å². The molecule has 1 N–H and O–H groups in total.